The first-order valence-corrected chi connectivity index (χ1v) is 13.1. The van der Waals surface area contributed by atoms with E-state index in [4.69, 9.17) is 4.74 Å². The number of rotatable bonds is 5. The van der Waals surface area contributed by atoms with Gasteiger partial charge in [0, 0.05) is 38.0 Å². The second-order valence-electron chi connectivity index (χ2n) is 9.14. The number of ether oxygens (including phenoxy) is 1. The molecule has 2 fully saturated rings. The van der Waals surface area contributed by atoms with Crippen molar-refractivity contribution in [3.63, 3.8) is 0 Å². The molecule has 4 rings (SSSR count). The van der Waals surface area contributed by atoms with Crippen molar-refractivity contribution in [3.8, 4) is 5.75 Å². The van der Waals surface area contributed by atoms with Crippen molar-refractivity contribution in [1.29, 1.82) is 0 Å². The van der Waals surface area contributed by atoms with Gasteiger partial charge in [0.15, 0.2) is 0 Å². The molecule has 0 aromatic heterocycles. The van der Waals surface area contributed by atoms with Gasteiger partial charge in [-0.05, 0) is 25.3 Å². The molecule has 0 aliphatic carbocycles. The molecule has 0 unspecified atom stereocenters. The summed E-state index contributed by atoms with van der Waals surface area (Å²) in [7, 11) is 0. The molecule has 3 heterocycles. The minimum absolute atomic E-state index is 0.0541. The third-order valence-corrected chi connectivity index (χ3v) is 6.80. The molecule has 5 amide bonds. The normalized spacial score (nSPS) is 24.7. The predicted octanol–water partition coefficient (Wildman–Crippen LogP) is 1.90. The molecule has 0 spiro atoms. The minimum Gasteiger partial charge on any atom is -0.493 e. The van der Waals surface area contributed by atoms with Crippen LogP contribution in [0.4, 0.5) is 9.18 Å². The number of hydrogen-bond donors (Lipinski definition) is 3. The highest BCUT2D eigenvalue weighted by atomic mass is 19.1. The van der Waals surface area contributed by atoms with E-state index < -0.39 is 36.6 Å². The maximum absolute atomic E-state index is 13.6. The Labute approximate surface area is 217 Å². The summed E-state index contributed by atoms with van der Waals surface area (Å²) in [6, 6.07) is 4.98. The number of fused-ring (bicyclic) bond motifs is 2. The van der Waals surface area contributed by atoms with Gasteiger partial charge < -0.3 is 30.5 Å². The Morgan fingerprint density at radius 3 is 2.54 bits per heavy atom. The third-order valence-electron chi connectivity index (χ3n) is 6.80. The standard InChI is InChI=1S/C24H32FN5O5.C2H6/c1-15(31)27-19-14-29(24(34)26-11-10-25)12-8-16-6-7-20(30(16)23(19)33)22(32)28-18-9-13-35-21-5-3-2-4-17(18)21;1-2/h2-5,16,18-20H,6-14H2,1H3,(H,26,34)(H,27,31)(H,28,32);1-2H3/t16-,18-,19+,20+;/m1./s1. The van der Waals surface area contributed by atoms with Gasteiger partial charge in [0.05, 0.1) is 19.2 Å². The lowest BCUT2D eigenvalue weighted by Crippen LogP contribution is -2.61. The van der Waals surface area contributed by atoms with Crippen LogP contribution in [0, 0.1) is 0 Å². The number of benzene rings is 1. The summed E-state index contributed by atoms with van der Waals surface area (Å²) in [5.41, 5.74) is 0.909. The van der Waals surface area contributed by atoms with E-state index in [0.717, 1.165) is 11.3 Å². The summed E-state index contributed by atoms with van der Waals surface area (Å²) in [5, 5.41) is 8.21. The highest BCUT2D eigenvalue weighted by molar-refractivity contribution is 5.93. The second kappa shape index (κ2) is 13.3. The van der Waals surface area contributed by atoms with Crippen molar-refractivity contribution in [3.05, 3.63) is 29.8 Å². The number of hydrogen-bond acceptors (Lipinski definition) is 5. The number of nitrogens with one attached hydrogen (secondary N) is 3. The molecule has 0 radical (unpaired) electrons. The summed E-state index contributed by atoms with van der Waals surface area (Å²) in [4.78, 5) is 54.4. The average molecular weight is 520 g/mol. The van der Waals surface area contributed by atoms with Crippen molar-refractivity contribution in [2.24, 2.45) is 0 Å². The zero-order chi connectivity index (χ0) is 26.9. The molecule has 10 nitrogen and oxygen atoms in total. The van der Waals surface area contributed by atoms with Crippen LogP contribution in [0.25, 0.3) is 0 Å². The number of amides is 5. The van der Waals surface area contributed by atoms with Gasteiger partial charge in [-0.1, -0.05) is 32.0 Å². The van der Waals surface area contributed by atoms with Gasteiger partial charge in [-0.25, -0.2) is 9.18 Å². The fourth-order valence-electron chi connectivity index (χ4n) is 5.19. The van der Waals surface area contributed by atoms with Crippen LogP contribution in [0.5, 0.6) is 5.75 Å². The molecule has 0 bridgehead atoms. The zero-order valence-corrected chi connectivity index (χ0v) is 21.8. The fraction of sp³-hybridized carbons (Fsp3) is 0.615. The minimum atomic E-state index is -0.997. The lowest BCUT2D eigenvalue weighted by molar-refractivity contribution is -0.144. The summed E-state index contributed by atoms with van der Waals surface area (Å²) in [6.45, 7) is 5.24. The van der Waals surface area contributed by atoms with Crippen LogP contribution in [0.2, 0.25) is 0 Å². The van der Waals surface area contributed by atoms with E-state index in [2.05, 4.69) is 16.0 Å². The van der Waals surface area contributed by atoms with E-state index >= 15 is 0 Å². The molecule has 1 aromatic carbocycles. The smallest absolute Gasteiger partial charge is 0.317 e. The summed E-state index contributed by atoms with van der Waals surface area (Å²) >= 11 is 0. The molecule has 3 aliphatic rings. The lowest BCUT2D eigenvalue weighted by Gasteiger charge is -2.39. The van der Waals surface area contributed by atoms with Crippen molar-refractivity contribution in [2.75, 3.05) is 32.9 Å². The zero-order valence-electron chi connectivity index (χ0n) is 21.8. The molecule has 3 N–H and O–H groups in total. The van der Waals surface area contributed by atoms with E-state index in [0.29, 0.717) is 38.8 Å². The van der Waals surface area contributed by atoms with Gasteiger partial charge in [-0.2, -0.15) is 0 Å². The Balaban J connectivity index is 0.00000186. The number of nitrogens with zero attached hydrogens (tertiary/aromatic N) is 2. The molecule has 0 saturated carbocycles. The SMILES string of the molecule is CC.CC(=O)N[C@H]1CN(C(=O)NCCF)CC[C@H]2CC[C@@H](C(=O)N[C@@H]3CCOc4ccccc43)N2C1=O. The molecule has 3 aliphatic heterocycles. The Kier molecular flexibility index (Phi) is 10.1. The molecule has 4 atom stereocenters. The Hall–Kier alpha value is -3.37. The number of carbonyl (C=O) groups excluding carboxylic acids is 4. The molecule has 2 saturated heterocycles. The van der Waals surface area contributed by atoms with Crippen molar-refractivity contribution in [2.45, 2.75) is 70.6 Å². The third kappa shape index (κ3) is 6.69. The maximum Gasteiger partial charge on any atom is 0.317 e. The summed E-state index contributed by atoms with van der Waals surface area (Å²) in [6.07, 6.45) is 2.23. The van der Waals surface area contributed by atoms with Crippen LogP contribution in [0.3, 0.4) is 0 Å². The van der Waals surface area contributed by atoms with Gasteiger partial charge in [-0.15, -0.1) is 0 Å². The van der Waals surface area contributed by atoms with Gasteiger partial charge >= 0.3 is 6.03 Å². The van der Waals surface area contributed by atoms with E-state index in [1.165, 1.54) is 11.8 Å². The van der Waals surface area contributed by atoms with Crippen molar-refractivity contribution in [1.82, 2.24) is 25.8 Å². The second-order valence-corrected chi connectivity index (χ2v) is 9.14. The quantitative estimate of drug-likeness (QED) is 0.549. The Morgan fingerprint density at radius 1 is 1.05 bits per heavy atom. The van der Waals surface area contributed by atoms with E-state index in [9.17, 15) is 23.6 Å². The van der Waals surface area contributed by atoms with E-state index in [-0.39, 0.29) is 31.1 Å². The van der Waals surface area contributed by atoms with Crippen LogP contribution in [0.15, 0.2) is 24.3 Å². The number of carbonyl (C=O) groups is 4. The van der Waals surface area contributed by atoms with E-state index in [1.54, 1.807) is 4.90 Å². The molecular weight excluding hydrogens is 481 g/mol. The maximum atomic E-state index is 13.6. The van der Waals surface area contributed by atoms with Crippen LogP contribution in [0.1, 0.15) is 58.1 Å². The molecule has 11 heteroatoms. The monoisotopic (exact) mass is 519 g/mol. The van der Waals surface area contributed by atoms with Crippen LogP contribution < -0.4 is 20.7 Å². The number of urea groups is 1. The first-order valence-electron chi connectivity index (χ1n) is 13.1. The van der Waals surface area contributed by atoms with Crippen LogP contribution >= 0.6 is 0 Å². The van der Waals surface area contributed by atoms with Gasteiger partial charge in [0.2, 0.25) is 17.7 Å². The molecular formula is C26H38FN5O5. The topological polar surface area (TPSA) is 120 Å². The van der Waals surface area contributed by atoms with Gasteiger partial charge in [0.1, 0.15) is 24.5 Å². The van der Waals surface area contributed by atoms with Gasteiger partial charge in [0.25, 0.3) is 0 Å². The highest BCUT2D eigenvalue weighted by Gasteiger charge is 2.45. The fourth-order valence-corrected chi connectivity index (χ4v) is 5.19. The molecule has 1 aromatic rings. The highest BCUT2D eigenvalue weighted by Crippen LogP contribution is 2.33. The largest absolute Gasteiger partial charge is 0.493 e. The summed E-state index contributed by atoms with van der Waals surface area (Å²) < 4.78 is 18.2. The number of halogens is 1. The summed E-state index contributed by atoms with van der Waals surface area (Å²) in [5.74, 6) is -0.295. The van der Waals surface area contributed by atoms with Crippen molar-refractivity contribution < 1.29 is 28.3 Å². The first kappa shape index (κ1) is 28.2. The average Bonchev–Trinajstić information content (AvgIpc) is 3.32. The predicted molar refractivity (Wildman–Crippen MR) is 136 cm³/mol. The Morgan fingerprint density at radius 2 is 1.81 bits per heavy atom. The van der Waals surface area contributed by atoms with Crippen LogP contribution in [-0.4, -0.2) is 84.6 Å². The van der Waals surface area contributed by atoms with Gasteiger partial charge in [-0.3, -0.25) is 14.4 Å². The number of para-hydroxylation sites is 1. The molecule has 204 valence electrons. The van der Waals surface area contributed by atoms with Crippen LogP contribution in [-0.2, 0) is 14.4 Å². The molecule has 37 heavy (non-hydrogen) atoms. The van der Waals surface area contributed by atoms with Crippen molar-refractivity contribution >= 4 is 23.8 Å². The lowest BCUT2D eigenvalue weighted by atomic mass is 10.00. The Bertz CT molecular complexity index is 976. The van der Waals surface area contributed by atoms with E-state index in [1.807, 2.05) is 38.1 Å². The first-order chi connectivity index (χ1) is 17.9. The number of alkyl halides is 1.